The lowest BCUT2D eigenvalue weighted by Crippen LogP contribution is -2.30. The molecule has 1 aliphatic carbocycles. The highest BCUT2D eigenvalue weighted by molar-refractivity contribution is 5.88. The summed E-state index contributed by atoms with van der Waals surface area (Å²) in [5.74, 6) is 3.53. The minimum atomic E-state index is -0.549. The lowest BCUT2D eigenvalue weighted by Gasteiger charge is -2.35. The molecule has 0 N–H and O–H groups in total. The minimum Gasteiger partial charge on any atom is -0.338 e. The summed E-state index contributed by atoms with van der Waals surface area (Å²) in [6.07, 6.45) is 7.05. The first-order chi connectivity index (χ1) is 22.1. The van der Waals surface area contributed by atoms with Crippen molar-refractivity contribution in [2.45, 2.75) is 5.41 Å². The molecule has 4 heterocycles. The largest absolute Gasteiger partial charge is 0.338 e. The van der Waals surface area contributed by atoms with E-state index in [0.29, 0.717) is 13.3 Å². The van der Waals surface area contributed by atoms with Crippen LogP contribution in [0.3, 0.4) is 0 Å². The van der Waals surface area contributed by atoms with Crippen molar-refractivity contribution in [3.8, 4) is 11.1 Å². The van der Waals surface area contributed by atoms with Crippen molar-refractivity contribution in [1.82, 2.24) is 19.9 Å². The van der Waals surface area contributed by atoms with Crippen LogP contribution in [0.15, 0.2) is 122 Å². The molecule has 45 heavy (non-hydrogen) atoms. The van der Waals surface area contributed by atoms with Crippen LogP contribution >= 0.6 is 0 Å². The highest BCUT2D eigenvalue weighted by atomic mass is 15.4. The molecule has 0 radical (unpaired) electrons. The third kappa shape index (κ3) is 3.59. The third-order valence-electron chi connectivity index (χ3n) is 9.40. The summed E-state index contributed by atoms with van der Waals surface area (Å²) in [7, 11) is 4.12. The van der Waals surface area contributed by atoms with Gasteiger partial charge in [0.15, 0.2) is 23.3 Å². The van der Waals surface area contributed by atoms with E-state index in [-0.39, 0.29) is 0 Å². The summed E-state index contributed by atoms with van der Waals surface area (Å²) in [6.45, 7) is 1.36. The van der Waals surface area contributed by atoms with Crippen LogP contribution in [-0.4, -0.2) is 47.4 Å². The molecular formula is C37H30N8. The second-order valence-electron chi connectivity index (χ2n) is 11.9. The van der Waals surface area contributed by atoms with Crippen LogP contribution in [-0.2, 0) is 5.41 Å². The zero-order chi connectivity index (χ0) is 30.1. The van der Waals surface area contributed by atoms with Gasteiger partial charge in [-0.25, -0.2) is 19.9 Å². The van der Waals surface area contributed by atoms with Gasteiger partial charge in [0, 0.05) is 50.3 Å². The number of aromatic nitrogens is 4. The smallest absolute Gasteiger partial charge is 0.178 e. The second-order valence-corrected chi connectivity index (χ2v) is 11.9. The molecule has 0 spiro atoms. The molecule has 0 saturated carbocycles. The molecule has 8 heteroatoms. The first kappa shape index (κ1) is 25.7. The Bertz CT molecular complexity index is 1960. The Morgan fingerprint density at radius 3 is 1.38 bits per heavy atom. The van der Waals surface area contributed by atoms with Crippen molar-refractivity contribution in [1.29, 1.82) is 0 Å². The molecular weight excluding hydrogens is 556 g/mol. The summed E-state index contributed by atoms with van der Waals surface area (Å²) in [5.41, 5.74) is 9.10. The van der Waals surface area contributed by atoms with Crippen molar-refractivity contribution < 1.29 is 0 Å². The fourth-order valence-corrected chi connectivity index (χ4v) is 7.50. The maximum Gasteiger partial charge on any atom is 0.178 e. The van der Waals surface area contributed by atoms with E-state index in [2.05, 4.69) is 141 Å². The first-order valence-electron chi connectivity index (χ1n) is 15.1. The number of hydrogen-bond acceptors (Lipinski definition) is 8. The van der Waals surface area contributed by atoms with Crippen molar-refractivity contribution in [2.75, 3.05) is 47.0 Å². The van der Waals surface area contributed by atoms with Gasteiger partial charge in [0.25, 0.3) is 0 Å². The Morgan fingerprint density at radius 1 is 0.489 bits per heavy atom. The maximum atomic E-state index is 4.72. The molecule has 218 valence electrons. The maximum absolute atomic E-state index is 4.72. The molecule has 6 aromatic rings. The average Bonchev–Trinajstić information content (AvgIpc) is 3.73. The number of anilines is 6. The molecule has 0 saturated heterocycles. The van der Waals surface area contributed by atoms with Gasteiger partial charge in [-0.05, 0) is 57.6 Å². The number of nitrogens with zero attached hydrogens (tertiary/aromatic N) is 8. The Kier molecular flexibility index (Phi) is 5.50. The van der Waals surface area contributed by atoms with Gasteiger partial charge in [-0.1, -0.05) is 72.8 Å². The van der Waals surface area contributed by atoms with Crippen LogP contribution in [0.2, 0.25) is 0 Å². The quantitative estimate of drug-likeness (QED) is 0.225. The van der Waals surface area contributed by atoms with Crippen molar-refractivity contribution in [3.05, 3.63) is 144 Å². The van der Waals surface area contributed by atoms with Gasteiger partial charge >= 0.3 is 0 Å². The lowest BCUT2D eigenvalue weighted by atomic mass is 9.67. The van der Waals surface area contributed by atoms with Crippen LogP contribution < -0.4 is 19.6 Å². The van der Waals surface area contributed by atoms with Crippen LogP contribution in [0.4, 0.5) is 34.6 Å². The Hall–Kier alpha value is -5.76. The Balaban J connectivity index is 1.28. The minimum absolute atomic E-state index is 0.549. The number of hydrogen-bond donors (Lipinski definition) is 0. The van der Waals surface area contributed by atoms with E-state index in [4.69, 9.17) is 9.97 Å². The van der Waals surface area contributed by atoms with E-state index in [1.54, 1.807) is 24.8 Å². The molecule has 0 fully saturated rings. The van der Waals surface area contributed by atoms with Gasteiger partial charge in [0.05, 0.1) is 18.8 Å². The number of benzene rings is 4. The SMILES string of the molecule is CN1CN(c2cccc(C3(c4cccc(N5CN(C)c6nccnc65)c4)c4ccccc4-c4ccccc43)c2)c2nccnc21. The van der Waals surface area contributed by atoms with Crippen molar-refractivity contribution >= 4 is 34.6 Å². The fraction of sp³-hybridized carbons (Fsp3) is 0.135. The van der Waals surface area contributed by atoms with Crippen molar-refractivity contribution in [3.63, 3.8) is 0 Å². The Labute approximate surface area is 261 Å². The van der Waals surface area contributed by atoms with Gasteiger partial charge in [-0.2, -0.15) is 0 Å². The Morgan fingerprint density at radius 2 is 0.911 bits per heavy atom. The van der Waals surface area contributed by atoms with Gasteiger partial charge in [-0.15, -0.1) is 0 Å². The van der Waals surface area contributed by atoms with Crippen LogP contribution in [0.1, 0.15) is 22.3 Å². The third-order valence-corrected chi connectivity index (χ3v) is 9.40. The molecule has 3 aliphatic rings. The average molecular weight is 587 g/mol. The van der Waals surface area contributed by atoms with E-state index >= 15 is 0 Å². The van der Waals surface area contributed by atoms with Gasteiger partial charge < -0.3 is 19.6 Å². The first-order valence-corrected chi connectivity index (χ1v) is 15.1. The molecule has 8 nitrogen and oxygen atoms in total. The zero-order valence-electron chi connectivity index (χ0n) is 25.0. The van der Waals surface area contributed by atoms with Crippen LogP contribution in [0.5, 0.6) is 0 Å². The summed E-state index contributed by atoms with van der Waals surface area (Å²) < 4.78 is 0. The van der Waals surface area contributed by atoms with E-state index in [1.165, 1.54) is 33.4 Å². The second kappa shape index (κ2) is 9.62. The summed E-state index contributed by atoms with van der Waals surface area (Å²) >= 11 is 0. The van der Waals surface area contributed by atoms with Gasteiger partial charge in [-0.3, -0.25) is 0 Å². The summed E-state index contributed by atoms with van der Waals surface area (Å²) in [5, 5.41) is 0. The molecule has 0 amide bonds. The summed E-state index contributed by atoms with van der Waals surface area (Å²) in [6, 6.07) is 35.6. The molecule has 9 rings (SSSR count). The monoisotopic (exact) mass is 586 g/mol. The predicted molar refractivity (Wildman–Crippen MR) is 179 cm³/mol. The lowest BCUT2D eigenvalue weighted by molar-refractivity contribution is 0.766. The van der Waals surface area contributed by atoms with E-state index in [1.807, 2.05) is 0 Å². The molecule has 0 atom stereocenters. The van der Waals surface area contributed by atoms with Gasteiger partial charge in [0.1, 0.15) is 0 Å². The molecule has 4 aromatic carbocycles. The van der Waals surface area contributed by atoms with Crippen molar-refractivity contribution in [2.24, 2.45) is 0 Å². The van der Waals surface area contributed by atoms with E-state index in [0.717, 1.165) is 34.6 Å². The topological polar surface area (TPSA) is 64.5 Å². The van der Waals surface area contributed by atoms with E-state index < -0.39 is 5.41 Å². The number of fused-ring (bicyclic) bond motifs is 5. The fourth-order valence-electron chi connectivity index (χ4n) is 7.50. The molecule has 2 aliphatic heterocycles. The molecule has 0 unspecified atom stereocenters. The van der Waals surface area contributed by atoms with Gasteiger partial charge in [0.2, 0.25) is 0 Å². The standard InChI is InChI=1S/C37H30N8/c1-42-23-44(35-33(42)38-17-19-40-35)27-11-7-9-25(21-27)37(31-15-5-3-13-29(31)30-14-4-6-16-32(30)37)26-10-8-12-28(22-26)45-24-43(2)34-36(45)41-20-18-39-34/h3-22H,23-24H2,1-2H3. The van der Waals surface area contributed by atoms with E-state index in [9.17, 15) is 0 Å². The summed E-state index contributed by atoms with van der Waals surface area (Å²) in [4.78, 5) is 27.4. The van der Waals surface area contributed by atoms with Crippen LogP contribution in [0.25, 0.3) is 11.1 Å². The highest BCUT2D eigenvalue weighted by Crippen LogP contribution is 2.57. The predicted octanol–water partition coefficient (Wildman–Crippen LogP) is 6.72. The normalized spacial score (nSPS) is 15.6. The zero-order valence-corrected chi connectivity index (χ0v) is 25.0. The molecule has 0 bridgehead atoms. The van der Waals surface area contributed by atoms with Crippen LogP contribution in [0, 0.1) is 0 Å². The molecule has 2 aromatic heterocycles. The number of rotatable bonds is 4. The highest BCUT2D eigenvalue weighted by Gasteiger charge is 2.46.